The summed E-state index contributed by atoms with van der Waals surface area (Å²) in [5.74, 6) is 2.19. The molecule has 0 radical (unpaired) electrons. The molecule has 2 rings (SSSR count). The first-order valence-corrected chi connectivity index (χ1v) is 6.76. The normalized spacial score (nSPS) is 30.8. The standard InChI is InChI=1S/C12H21N3S/c1-7-5-8(2)10(4)15(6-7)12-9(3)11(13)14-16-12/h7-8,10H,5-6H2,1-4H3,(H2,13,14). The van der Waals surface area contributed by atoms with Crippen molar-refractivity contribution in [3.05, 3.63) is 5.56 Å². The molecule has 1 fully saturated rings. The lowest BCUT2D eigenvalue weighted by Gasteiger charge is -2.42. The number of nitrogens with zero attached hydrogens (tertiary/aromatic N) is 2. The highest BCUT2D eigenvalue weighted by Gasteiger charge is 2.30. The van der Waals surface area contributed by atoms with Gasteiger partial charge in [0.25, 0.3) is 0 Å². The molecule has 1 aromatic rings. The second-order valence-corrected chi connectivity index (χ2v) is 5.96. The van der Waals surface area contributed by atoms with E-state index in [1.165, 1.54) is 11.4 Å². The van der Waals surface area contributed by atoms with Crippen molar-refractivity contribution in [2.45, 2.75) is 40.2 Å². The summed E-state index contributed by atoms with van der Waals surface area (Å²) in [5.41, 5.74) is 6.99. The van der Waals surface area contributed by atoms with Gasteiger partial charge in [-0.15, -0.1) is 0 Å². The highest BCUT2D eigenvalue weighted by Crippen LogP contribution is 2.37. The van der Waals surface area contributed by atoms with E-state index in [2.05, 4.69) is 37.0 Å². The summed E-state index contributed by atoms with van der Waals surface area (Å²) in [6, 6.07) is 0.592. The predicted octanol–water partition coefficient (Wildman–Crippen LogP) is 2.90. The van der Waals surface area contributed by atoms with Gasteiger partial charge < -0.3 is 10.6 Å². The van der Waals surface area contributed by atoms with Gasteiger partial charge in [0.05, 0.1) is 0 Å². The molecular weight excluding hydrogens is 218 g/mol. The number of nitrogens with two attached hydrogens (primary N) is 1. The molecule has 0 amide bonds. The SMILES string of the molecule is Cc1c(N)nsc1N1CC(C)CC(C)C1C. The minimum absolute atomic E-state index is 0.592. The van der Waals surface area contributed by atoms with Crippen LogP contribution in [-0.4, -0.2) is 17.0 Å². The summed E-state index contributed by atoms with van der Waals surface area (Å²) < 4.78 is 4.25. The average molecular weight is 239 g/mol. The third-order valence-electron chi connectivity index (χ3n) is 3.79. The van der Waals surface area contributed by atoms with Crippen LogP contribution in [0.2, 0.25) is 0 Å². The molecule has 0 aliphatic carbocycles. The van der Waals surface area contributed by atoms with Crippen LogP contribution < -0.4 is 10.6 Å². The molecule has 1 aliphatic rings. The van der Waals surface area contributed by atoms with E-state index >= 15 is 0 Å². The van der Waals surface area contributed by atoms with Gasteiger partial charge >= 0.3 is 0 Å². The highest BCUT2D eigenvalue weighted by atomic mass is 32.1. The lowest BCUT2D eigenvalue weighted by molar-refractivity contribution is 0.298. The van der Waals surface area contributed by atoms with Gasteiger partial charge in [0.1, 0.15) is 10.8 Å². The molecule has 90 valence electrons. The zero-order valence-electron chi connectivity index (χ0n) is 10.5. The molecule has 16 heavy (non-hydrogen) atoms. The van der Waals surface area contributed by atoms with Crippen molar-refractivity contribution in [2.75, 3.05) is 17.2 Å². The van der Waals surface area contributed by atoms with Crippen molar-refractivity contribution in [2.24, 2.45) is 11.8 Å². The quantitative estimate of drug-likeness (QED) is 0.819. The summed E-state index contributed by atoms with van der Waals surface area (Å²) in [4.78, 5) is 2.49. The fraction of sp³-hybridized carbons (Fsp3) is 0.750. The van der Waals surface area contributed by atoms with Crippen LogP contribution in [0.4, 0.5) is 10.8 Å². The molecule has 3 nitrogen and oxygen atoms in total. The Morgan fingerprint density at radius 3 is 2.62 bits per heavy atom. The van der Waals surface area contributed by atoms with Crippen molar-refractivity contribution in [1.29, 1.82) is 0 Å². The fourth-order valence-corrected chi connectivity index (χ4v) is 3.50. The van der Waals surface area contributed by atoms with E-state index in [-0.39, 0.29) is 0 Å². The Morgan fingerprint density at radius 2 is 2.06 bits per heavy atom. The number of nitrogen functional groups attached to an aromatic ring is 1. The first-order valence-electron chi connectivity index (χ1n) is 5.99. The van der Waals surface area contributed by atoms with Crippen molar-refractivity contribution < 1.29 is 0 Å². The van der Waals surface area contributed by atoms with Gasteiger partial charge in [-0.05, 0) is 43.6 Å². The number of piperidine rings is 1. The van der Waals surface area contributed by atoms with E-state index < -0.39 is 0 Å². The average Bonchev–Trinajstić information content (AvgIpc) is 2.54. The lowest BCUT2D eigenvalue weighted by Crippen LogP contribution is -2.45. The maximum Gasteiger partial charge on any atom is 0.142 e. The second kappa shape index (κ2) is 4.24. The number of hydrogen-bond acceptors (Lipinski definition) is 4. The molecule has 3 unspecified atom stereocenters. The summed E-state index contributed by atoms with van der Waals surface area (Å²) >= 11 is 1.54. The van der Waals surface area contributed by atoms with Gasteiger partial charge in [-0.1, -0.05) is 13.8 Å². The molecule has 1 aromatic heterocycles. The van der Waals surface area contributed by atoms with E-state index in [0.29, 0.717) is 11.9 Å². The van der Waals surface area contributed by atoms with Crippen molar-refractivity contribution in [3.63, 3.8) is 0 Å². The predicted molar refractivity (Wildman–Crippen MR) is 71.0 cm³/mol. The third kappa shape index (κ3) is 1.90. The maximum atomic E-state index is 5.83. The van der Waals surface area contributed by atoms with Crippen LogP contribution in [-0.2, 0) is 0 Å². The zero-order valence-corrected chi connectivity index (χ0v) is 11.3. The summed E-state index contributed by atoms with van der Waals surface area (Å²) in [6.07, 6.45) is 1.32. The lowest BCUT2D eigenvalue weighted by atomic mass is 9.86. The van der Waals surface area contributed by atoms with Crippen LogP contribution in [0.1, 0.15) is 32.8 Å². The van der Waals surface area contributed by atoms with E-state index in [1.807, 2.05) is 0 Å². The topological polar surface area (TPSA) is 42.1 Å². The molecule has 0 spiro atoms. The summed E-state index contributed by atoms with van der Waals surface area (Å²) in [7, 11) is 0. The van der Waals surface area contributed by atoms with Crippen LogP contribution in [0.5, 0.6) is 0 Å². The van der Waals surface area contributed by atoms with Gasteiger partial charge in [-0.25, -0.2) is 0 Å². The Bertz CT molecular complexity index is 374. The first-order chi connectivity index (χ1) is 7.50. The molecule has 0 saturated carbocycles. The second-order valence-electron chi connectivity index (χ2n) is 5.21. The van der Waals surface area contributed by atoms with Gasteiger partial charge in [0.15, 0.2) is 0 Å². The monoisotopic (exact) mass is 239 g/mol. The molecule has 2 heterocycles. The maximum absolute atomic E-state index is 5.83. The van der Waals surface area contributed by atoms with Crippen molar-refractivity contribution >= 4 is 22.4 Å². The Labute approximate surface area is 102 Å². The van der Waals surface area contributed by atoms with Crippen LogP contribution in [0.15, 0.2) is 0 Å². The van der Waals surface area contributed by atoms with Crippen LogP contribution in [0, 0.1) is 18.8 Å². The Morgan fingerprint density at radius 1 is 1.38 bits per heavy atom. The molecule has 3 atom stereocenters. The molecule has 0 bridgehead atoms. The number of aromatic nitrogens is 1. The smallest absolute Gasteiger partial charge is 0.142 e. The van der Waals surface area contributed by atoms with Crippen LogP contribution in [0.3, 0.4) is 0 Å². The number of anilines is 2. The summed E-state index contributed by atoms with van der Waals surface area (Å²) in [5, 5.41) is 1.27. The van der Waals surface area contributed by atoms with Crippen LogP contribution >= 0.6 is 11.5 Å². The molecule has 1 saturated heterocycles. The molecule has 0 aromatic carbocycles. The van der Waals surface area contributed by atoms with Crippen molar-refractivity contribution in [3.8, 4) is 0 Å². The minimum atomic E-state index is 0.592. The van der Waals surface area contributed by atoms with E-state index in [4.69, 9.17) is 5.73 Å². The third-order valence-corrected chi connectivity index (χ3v) is 4.80. The van der Waals surface area contributed by atoms with Crippen LogP contribution in [0.25, 0.3) is 0 Å². The highest BCUT2D eigenvalue weighted by molar-refractivity contribution is 7.10. The number of hydrogen-bond donors (Lipinski definition) is 1. The van der Waals surface area contributed by atoms with Gasteiger partial charge in [-0.2, -0.15) is 4.37 Å². The Balaban J connectivity index is 2.28. The first kappa shape index (κ1) is 11.7. The van der Waals surface area contributed by atoms with Gasteiger partial charge in [-0.3, -0.25) is 0 Å². The Kier molecular flexibility index (Phi) is 3.10. The molecule has 4 heteroatoms. The minimum Gasteiger partial charge on any atom is -0.383 e. The van der Waals surface area contributed by atoms with E-state index in [1.54, 1.807) is 11.5 Å². The fourth-order valence-electron chi connectivity index (χ4n) is 2.59. The largest absolute Gasteiger partial charge is 0.383 e. The molecule has 2 N–H and O–H groups in total. The van der Waals surface area contributed by atoms with Gasteiger partial charge in [0, 0.05) is 18.2 Å². The van der Waals surface area contributed by atoms with Crippen molar-refractivity contribution in [1.82, 2.24) is 4.37 Å². The summed E-state index contributed by atoms with van der Waals surface area (Å²) in [6.45, 7) is 10.2. The molecule has 1 aliphatic heterocycles. The van der Waals surface area contributed by atoms with E-state index in [0.717, 1.165) is 23.9 Å². The number of rotatable bonds is 1. The zero-order chi connectivity index (χ0) is 11.9. The van der Waals surface area contributed by atoms with Gasteiger partial charge in [0.2, 0.25) is 0 Å². The Hall–Kier alpha value is -0.770. The van der Waals surface area contributed by atoms with E-state index in [9.17, 15) is 0 Å². The molecular formula is C12H21N3S.